The molecule has 1 nitrogen and oxygen atoms in total. The second-order valence-electron chi connectivity index (χ2n) is 8.86. The highest BCUT2D eigenvalue weighted by Gasteiger charge is 2.41. The van der Waals surface area contributed by atoms with E-state index in [0.29, 0.717) is 11.3 Å². The summed E-state index contributed by atoms with van der Waals surface area (Å²) in [4.78, 5) is 13.7. The lowest BCUT2D eigenvalue weighted by molar-refractivity contribution is 0.0990. The van der Waals surface area contributed by atoms with Crippen molar-refractivity contribution in [3.63, 3.8) is 0 Å². The van der Waals surface area contributed by atoms with Crippen LogP contribution in [0.3, 0.4) is 0 Å². The summed E-state index contributed by atoms with van der Waals surface area (Å²) in [5.74, 6) is 0.229. The fourth-order valence-corrected chi connectivity index (χ4v) is 15.1. The Kier molecular flexibility index (Phi) is 7.90. The van der Waals surface area contributed by atoms with Crippen LogP contribution in [-0.4, -0.2) is 17.1 Å². The van der Waals surface area contributed by atoms with Gasteiger partial charge in [-0.1, -0.05) is 111 Å². The lowest BCUT2D eigenvalue weighted by Crippen LogP contribution is -2.23. The molecule has 0 heterocycles. The second-order valence-corrected chi connectivity index (χ2v) is 17.2. The van der Waals surface area contributed by atoms with Crippen LogP contribution in [0, 0.1) is 0 Å². The molecule has 2 aliphatic rings. The van der Waals surface area contributed by atoms with E-state index in [1.807, 2.05) is 47.8 Å². The maximum Gasteiger partial charge on any atom is 0.180 e. The topological polar surface area (TPSA) is 17.1 Å². The summed E-state index contributed by atoms with van der Waals surface area (Å²) in [6.45, 7) is 0. The molecule has 4 heteroatoms. The number of ketones is 1. The van der Waals surface area contributed by atoms with Crippen LogP contribution in [0.2, 0.25) is 0 Å². The molecule has 0 radical (unpaired) electrons. The van der Waals surface area contributed by atoms with Crippen LogP contribution in [0.15, 0.2) is 60.7 Å². The fourth-order valence-electron chi connectivity index (χ4n) is 5.16. The number of carbonyl (C=O) groups excluding carboxylic acids is 1. The normalized spacial score (nSPS) is 20.0. The average molecular weight is 457 g/mol. The highest BCUT2D eigenvalue weighted by atomic mass is 32.9. The van der Waals surface area contributed by atoms with Gasteiger partial charge in [-0.05, 0) is 42.6 Å². The van der Waals surface area contributed by atoms with Gasteiger partial charge in [-0.2, -0.15) is 0 Å². The van der Waals surface area contributed by atoms with E-state index in [1.165, 1.54) is 64.2 Å². The van der Waals surface area contributed by atoms with E-state index in [0.717, 1.165) is 11.1 Å². The Hall–Kier alpha value is -0.890. The van der Waals surface area contributed by atoms with Crippen LogP contribution >= 0.6 is 16.6 Å². The van der Waals surface area contributed by atoms with E-state index < -0.39 is 5.24 Å². The molecule has 1 unspecified atom stereocenters. The van der Waals surface area contributed by atoms with Gasteiger partial charge in [-0.3, -0.25) is 4.79 Å². The summed E-state index contributed by atoms with van der Waals surface area (Å²) in [6.07, 6.45) is 13.1. The molecule has 30 heavy (non-hydrogen) atoms. The molecule has 0 N–H and O–H groups in total. The predicted molar refractivity (Wildman–Crippen MR) is 136 cm³/mol. The average Bonchev–Trinajstić information content (AvgIpc) is 2.84. The first-order chi connectivity index (χ1) is 14.7. The SMILES string of the molecule is O=C(c1ccccc1)C(SP(=S)(C1CCCCC1)C1CCCCC1)c1ccccc1. The number of hydrogen-bond donors (Lipinski definition) is 0. The molecule has 160 valence electrons. The van der Waals surface area contributed by atoms with Crippen LogP contribution in [0.1, 0.15) is 85.4 Å². The molecule has 0 aromatic heterocycles. The fraction of sp³-hybridized carbons (Fsp3) is 0.500. The van der Waals surface area contributed by atoms with Crippen molar-refractivity contribution in [3.8, 4) is 0 Å². The van der Waals surface area contributed by atoms with Crippen molar-refractivity contribution in [1.82, 2.24) is 0 Å². The molecule has 2 aromatic rings. The summed E-state index contributed by atoms with van der Waals surface area (Å²) >= 11 is 8.65. The van der Waals surface area contributed by atoms with E-state index in [1.54, 1.807) is 0 Å². The quantitative estimate of drug-likeness (QED) is 0.307. The van der Waals surface area contributed by atoms with Gasteiger partial charge in [0.1, 0.15) is 0 Å². The first kappa shape index (κ1) is 22.3. The van der Waals surface area contributed by atoms with Crippen molar-refractivity contribution in [2.24, 2.45) is 0 Å². The maximum absolute atomic E-state index is 13.7. The van der Waals surface area contributed by atoms with Gasteiger partial charge in [0.15, 0.2) is 5.78 Å². The summed E-state index contributed by atoms with van der Waals surface area (Å²) in [6, 6.07) is 20.3. The monoisotopic (exact) mass is 456 g/mol. The maximum atomic E-state index is 13.7. The van der Waals surface area contributed by atoms with E-state index in [4.69, 9.17) is 11.8 Å². The van der Waals surface area contributed by atoms with E-state index >= 15 is 0 Å². The third-order valence-electron chi connectivity index (χ3n) is 6.84. The third-order valence-corrected chi connectivity index (χ3v) is 16.9. The number of rotatable bonds is 7. The molecule has 0 aliphatic heterocycles. The Morgan fingerprint density at radius 1 is 0.767 bits per heavy atom. The first-order valence-corrected chi connectivity index (χ1v) is 16.0. The number of hydrogen-bond acceptors (Lipinski definition) is 3. The minimum Gasteiger partial charge on any atom is -0.293 e. The highest BCUT2D eigenvalue weighted by Crippen LogP contribution is 2.74. The molecular formula is C26H33OPS2. The largest absolute Gasteiger partial charge is 0.293 e. The van der Waals surface area contributed by atoms with Gasteiger partial charge >= 0.3 is 0 Å². The molecule has 2 aliphatic carbocycles. The molecule has 2 aromatic carbocycles. The van der Waals surface area contributed by atoms with Crippen LogP contribution in [-0.2, 0) is 11.8 Å². The van der Waals surface area contributed by atoms with Crippen molar-refractivity contribution < 1.29 is 4.79 Å². The number of carbonyl (C=O) groups is 1. The smallest absolute Gasteiger partial charge is 0.180 e. The zero-order valence-electron chi connectivity index (χ0n) is 17.7. The van der Waals surface area contributed by atoms with Crippen LogP contribution in [0.25, 0.3) is 0 Å². The van der Waals surface area contributed by atoms with E-state index in [9.17, 15) is 4.79 Å². The van der Waals surface area contributed by atoms with Gasteiger partial charge in [0, 0.05) is 10.8 Å². The Labute approximate surface area is 191 Å². The lowest BCUT2D eigenvalue weighted by Gasteiger charge is -2.42. The number of Topliss-reactive ketones (excluding diaryl/α,β-unsaturated/α-hetero) is 1. The van der Waals surface area contributed by atoms with Gasteiger partial charge in [-0.25, -0.2) is 0 Å². The van der Waals surface area contributed by atoms with Crippen LogP contribution in [0.4, 0.5) is 0 Å². The van der Waals surface area contributed by atoms with E-state index in [2.05, 4.69) is 24.3 Å². The summed E-state index contributed by atoms with van der Waals surface area (Å²) < 4.78 is 0. The Morgan fingerprint density at radius 3 is 1.73 bits per heavy atom. The molecule has 0 amide bonds. The molecular weight excluding hydrogens is 423 g/mol. The van der Waals surface area contributed by atoms with Crippen molar-refractivity contribution in [3.05, 3.63) is 71.8 Å². The van der Waals surface area contributed by atoms with Crippen molar-refractivity contribution in [2.45, 2.75) is 80.8 Å². The van der Waals surface area contributed by atoms with Gasteiger partial charge < -0.3 is 0 Å². The molecule has 0 saturated heterocycles. The molecule has 0 spiro atoms. The highest BCUT2D eigenvalue weighted by molar-refractivity contribution is 8.71. The molecule has 1 atom stereocenters. The third kappa shape index (κ3) is 5.12. The van der Waals surface area contributed by atoms with Crippen LogP contribution in [0.5, 0.6) is 0 Å². The lowest BCUT2D eigenvalue weighted by atomic mass is 10.00. The van der Waals surface area contributed by atoms with Gasteiger partial charge in [0.25, 0.3) is 0 Å². The van der Waals surface area contributed by atoms with Crippen molar-refractivity contribution >= 4 is 34.2 Å². The van der Waals surface area contributed by atoms with E-state index in [-0.39, 0.29) is 11.0 Å². The van der Waals surface area contributed by atoms with Gasteiger partial charge in [0.05, 0.1) is 5.25 Å². The number of benzene rings is 2. The Balaban J connectivity index is 1.70. The summed E-state index contributed by atoms with van der Waals surface area (Å²) in [7, 11) is 0. The predicted octanol–water partition coefficient (Wildman–Crippen LogP) is 8.40. The zero-order chi connectivity index (χ0) is 20.8. The zero-order valence-corrected chi connectivity index (χ0v) is 20.3. The minimum atomic E-state index is -1.74. The second kappa shape index (κ2) is 10.6. The minimum absolute atomic E-state index is 0.178. The Bertz CT molecular complexity index is 833. The standard InChI is InChI=1S/C26H33OPS2/c27-25(21-13-5-1-6-14-21)26(22-15-7-2-8-16-22)30-28(29,23-17-9-3-10-18-23)24-19-11-4-12-20-24/h1-2,5-8,13-16,23-24,26H,3-4,9-12,17-20H2. The molecule has 2 saturated carbocycles. The van der Waals surface area contributed by atoms with Crippen molar-refractivity contribution in [1.29, 1.82) is 0 Å². The van der Waals surface area contributed by atoms with Gasteiger partial charge in [-0.15, -0.1) is 11.4 Å². The molecule has 2 fully saturated rings. The summed E-state index contributed by atoms with van der Waals surface area (Å²) in [5, 5.41) is -1.91. The molecule has 0 bridgehead atoms. The molecule has 4 rings (SSSR count). The first-order valence-electron chi connectivity index (χ1n) is 11.6. The van der Waals surface area contributed by atoms with Crippen LogP contribution < -0.4 is 0 Å². The van der Waals surface area contributed by atoms with Crippen molar-refractivity contribution in [2.75, 3.05) is 0 Å². The summed E-state index contributed by atoms with van der Waals surface area (Å²) in [5.41, 5.74) is 3.25. The van der Waals surface area contributed by atoms with Gasteiger partial charge in [0.2, 0.25) is 0 Å². The Morgan fingerprint density at radius 2 is 1.23 bits per heavy atom.